The molecule has 0 saturated heterocycles. The zero-order chi connectivity index (χ0) is 22.1. The first-order valence-corrected chi connectivity index (χ1v) is 11.8. The largest absolute Gasteiger partial charge is 0.354 e. The summed E-state index contributed by atoms with van der Waals surface area (Å²) in [6.45, 7) is 8.83. The molecule has 0 aliphatic carbocycles. The highest BCUT2D eigenvalue weighted by Crippen LogP contribution is 2.21. The van der Waals surface area contributed by atoms with Crippen molar-refractivity contribution < 1.29 is 9.59 Å². The lowest BCUT2D eigenvalue weighted by molar-refractivity contribution is -0.138. The second-order valence-electron chi connectivity index (χ2n) is 7.57. The molecule has 2 amide bonds. The number of benzene rings is 2. The van der Waals surface area contributed by atoms with Gasteiger partial charge in [0.25, 0.3) is 0 Å². The summed E-state index contributed by atoms with van der Waals surface area (Å²) in [7, 11) is 0. The number of halogens is 1. The lowest BCUT2D eigenvalue weighted by atomic mass is 10.1. The molecule has 2 aromatic rings. The molecule has 0 radical (unpaired) electrons. The van der Waals surface area contributed by atoms with E-state index in [1.807, 2.05) is 25.1 Å². The van der Waals surface area contributed by atoms with Crippen LogP contribution in [0, 0.1) is 13.8 Å². The number of rotatable bonds is 10. The van der Waals surface area contributed by atoms with E-state index >= 15 is 0 Å². The Hall–Kier alpha value is -1.98. The van der Waals surface area contributed by atoms with Gasteiger partial charge in [0, 0.05) is 23.9 Å². The summed E-state index contributed by atoms with van der Waals surface area (Å²) >= 11 is 7.88. The molecule has 4 nitrogen and oxygen atoms in total. The second kappa shape index (κ2) is 12.0. The van der Waals surface area contributed by atoms with Crippen molar-refractivity contribution in [2.75, 3.05) is 12.3 Å². The number of hydrogen-bond acceptors (Lipinski definition) is 3. The highest BCUT2D eigenvalue weighted by atomic mass is 35.5. The maximum atomic E-state index is 13.1. The van der Waals surface area contributed by atoms with Crippen LogP contribution in [0.5, 0.6) is 0 Å². The van der Waals surface area contributed by atoms with Gasteiger partial charge in [-0.25, -0.2) is 0 Å². The van der Waals surface area contributed by atoms with Gasteiger partial charge in [0.1, 0.15) is 6.04 Å². The molecule has 1 atom stereocenters. The first kappa shape index (κ1) is 24.3. The Morgan fingerprint density at radius 1 is 1.13 bits per heavy atom. The van der Waals surface area contributed by atoms with Gasteiger partial charge in [-0.15, -0.1) is 11.8 Å². The molecule has 0 aromatic heterocycles. The molecule has 162 valence electrons. The summed E-state index contributed by atoms with van der Waals surface area (Å²) < 4.78 is 0. The van der Waals surface area contributed by atoms with E-state index in [9.17, 15) is 9.59 Å². The highest BCUT2D eigenvalue weighted by molar-refractivity contribution is 7.99. The number of carbonyl (C=O) groups excluding carboxylic acids is 2. The number of nitrogens with zero attached hydrogens (tertiary/aromatic N) is 1. The van der Waals surface area contributed by atoms with Gasteiger partial charge in [-0.1, -0.05) is 66.0 Å². The Kier molecular flexibility index (Phi) is 9.73. The molecular formula is C24H31ClN2O2S. The SMILES string of the molecule is CCCNC(=O)[C@H](C)N(Cc1ccccc1Cl)C(=O)CSCc1cc(C)cc(C)c1. The molecule has 0 saturated carbocycles. The fourth-order valence-corrected chi connectivity index (χ4v) is 4.32. The Bertz CT molecular complexity index is 852. The number of amides is 2. The Labute approximate surface area is 189 Å². The van der Waals surface area contributed by atoms with E-state index in [0.717, 1.165) is 17.7 Å². The van der Waals surface area contributed by atoms with E-state index in [1.54, 1.807) is 29.7 Å². The van der Waals surface area contributed by atoms with Crippen molar-refractivity contribution in [2.45, 2.75) is 52.5 Å². The molecule has 2 rings (SSSR count). The summed E-state index contributed by atoms with van der Waals surface area (Å²) in [4.78, 5) is 27.3. The number of carbonyl (C=O) groups is 2. The molecule has 6 heteroatoms. The van der Waals surface area contributed by atoms with E-state index < -0.39 is 6.04 Å². The summed E-state index contributed by atoms with van der Waals surface area (Å²) in [6.07, 6.45) is 0.850. The summed E-state index contributed by atoms with van der Waals surface area (Å²) in [5, 5.41) is 3.49. The normalized spacial score (nSPS) is 11.8. The van der Waals surface area contributed by atoms with Crippen LogP contribution in [0.1, 0.15) is 42.5 Å². The minimum atomic E-state index is -0.567. The topological polar surface area (TPSA) is 49.4 Å². The van der Waals surface area contributed by atoms with Gasteiger partial charge < -0.3 is 10.2 Å². The van der Waals surface area contributed by atoms with Crippen LogP contribution in [0.2, 0.25) is 5.02 Å². The van der Waals surface area contributed by atoms with Gasteiger partial charge in [-0.05, 0) is 44.4 Å². The van der Waals surface area contributed by atoms with Gasteiger partial charge in [0.05, 0.1) is 5.75 Å². The molecule has 30 heavy (non-hydrogen) atoms. The summed E-state index contributed by atoms with van der Waals surface area (Å²) in [5.74, 6) is 0.855. The predicted molar refractivity (Wildman–Crippen MR) is 127 cm³/mol. The van der Waals surface area contributed by atoms with E-state index in [2.05, 4.69) is 37.4 Å². The zero-order valence-electron chi connectivity index (χ0n) is 18.2. The van der Waals surface area contributed by atoms with Crippen LogP contribution in [-0.4, -0.2) is 35.1 Å². The molecule has 0 aliphatic heterocycles. The van der Waals surface area contributed by atoms with Gasteiger partial charge in [0.2, 0.25) is 11.8 Å². The third-order valence-corrected chi connectivity index (χ3v) is 6.15. The van der Waals surface area contributed by atoms with Crippen LogP contribution < -0.4 is 5.32 Å². The standard InChI is InChI=1S/C24H31ClN2O2S/c1-5-10-26-24(29)19(4)27(14-21-8-6-7-9-22(21)25)23(28)16-30-15-20-12-17(2)11-18(3)13-20/h6-9,11-13,19H,5,10,14-16H2,1-4H3,(H,26,29)/t19-/m0/s1. The van der Waals surface area contributed by atoms with Gasteiger partial charge >= 0.3 is 0 Å². The van der Waals surface area contributed by atoms with Crippen molar-refractivity contribution in [3.8, 4) is 0 Å². The molecule has 1 N–H and O–H groups in total. The van der Waals surface area contributed by atoms with E-state index in [4.69, 9.17) is 11.6 Å². The van der Waals surface area contributed by atoms with Crippen molar-refractivity contribution in [1.82, 2.24) is 10.2 Å². The van der Waals surface area contributed by atoms with E-state index in [-0.39, 0.29) is 11.8 Å². The lowest BCUT2D eigenvalue weighted by Gasteiger charge is -2.29. The average molecular weight is 447 g/mol. The maximum Gasteiger partial charge on any atom is 0.242 e. The number of hydrogen-bond donors (Lipinski definition) is 1. The van der Waals surface area contributed by atoms with Crippen LogP contribution >= 0.6 is 23.4 Å². The number of nitrogens with one attached hydrogen (secondary N) is 1. The fraction of sp³-hybridized carbons (Fsp3) is 0.417. The molecule has 0 spiro atoms. The van der Waals surface area contributed by atoms with Crippen LogP contribution in [-0.2, 0) is 21.9 Å². The molecule has 2 aromatic carbocycles. The van der Waals surface area contributed by atoms with Crippen molar-refractivity contribution in [3.05, 3.63) is 69.7 Å². The van der Waals surface area contributed by atoms with Crippen molar-refractivity contribution >= 4 is 35.2 Å². The average Bonchev–Trinajstić information content (AvgIpc) is 2.70. The van der Waals surface area contributed by atoms with Gasteiger partial charge in [-0.2, -0.15) is 0 Å². The molecule has 0 aliphatic rings. The molecule has 0 fully saturated rings. The zero-order valence-corrected chi connectivity index (χ0v) is 19.8. The fourth-order valence-electron chi connectivity index (χ4n) is 3.28. The maximum absolute atomic E-state index is 13.1. The second-order valence-corrected chi connectivity index (χ2v) is 8.96. The van der Waals surface area contributed by atoms with Crippen molar-refractivity contribution in [1.29, 1.82) is 0 Å². The molecular weight excluding hydrogens is 416 g/mol. The van der Waals surface area contributed by atoms with E-state index in [0.29, 0.717) is 23.9 Å². The number of aryl methyl sites for hydroxylation is 2. The van der Waals surface area contributed by atoms with Crippen molar-refractivity contribution in [2.24, 2.45) is 0 Å². The lowest BCUT2D eigenvalue weighted by Crippen LogP contribution is -2.48. The third-order valence-electron chi connectivity index (χ3n) is 4.79. The predicted octanol–water partition coefficient (Wildman–Crippen LogP) is 5.13. The first-order chi connectivity index (χ1) is 14.3. The number of thioether (sulfide) groups is 1. The van der Waals surface area contributed by atoms with Crippen LogP contribution in [0.15, 0.2) is 42.5 Å². The quantitative estimate of drug-likeness (QED) is 0.550. The first-order valence-electron chi connectivity index (χ1n) is 10.3. The van der Waals surface area contributed by atoms with E-state index in [1.165, 1.54) is 16.7 Å². The Morgan fingerprint density at radius 3 is 2.43 bits per heavy atom. The van der Waals surface area contributed by atoms with Crippen LogP contribution in [0.3, 0.4) is 0 Å². The Morgan fingerprint density at radius 2 is 1.80 bits per heavy atom. The Balaban J connectivity index is 2.08. The highest BCUT2D eigenvalue weighted by Gasteiger charge is 2.26. The summed E-state index contributed by atoms with van der Waals surface area (Å²) in [6, 6.07) is 13.3. The molecule has 0 heterocycles. The van der Waals surface area contributed by atoms with Crippen LogP contribution in [0.4, 0.5) is 0 Å². The smallest absolute Gasteiger partial charge is 0.242 e. The van der Waals surface area contributed by atoms with Gasteiger partial charge in [-0.3, -0.25) is 9.59 Å². The third kappa shape index (κ3) is 7.37. The monoisotopic (exact) mass is 446 g/mol. The van der Waals surface area contributed by atoms with Crippen LogP contribution in [0.25, 0.3) is 0 Å². The molecule has 0 bridgehead atoms. The summed E-state index contributed by atoms with van der Waals surface area (Å²) in [5.41, 5.74) is 4.48. The van der Waals surface area contributed by atoms with Gasteiger partial charge in [0.15, 0.2) is 0 Å². The molecule has 0 unspecified atom stereocenters. The minimum Gasteiger partial charge on any atom is -0.354 e. The minimum absolute atomic E-state index is 0.0663. The van der Waals surface area contributed by atoms with Crippen molar-refractivity contribution in [3.63, 3.8) is 0 Å².